The van der Waals surface area contributed by atoms with E-state index in [4.69, 9.17) is 4.98 Å². The van der Waals surface area contributed by atoms with Gasteiger partial charge in [0.1, 0.15) is 5.01 Å². The zero-order valence-corrected chi connectivity index (χ0v) is 17.6. The van der Waals surface area contributed by atoms with Gasteiger partial charge in [0, 0.05) is 36.8 Å². The van der Waals surface area contributed by atoms with Crippen molar-refractivity contribution in [3.05, 3.63) is 31.7 Å². The average Bonchev–Trinajstić information content (AvgIpc) is 3.26. The van der Waals surface area contributed by atoms with Gasteiger partial charge in [0.05, 0.1) is 17.2 Å². The van der Waals surface area contributed by atoms with Crippen molar-refractivity contribution in [1.82, 2.24) is 20.2 Å². The van der Waals surface area contributed by atoms with Gasteiger partial charge < -0.3 is 10.2 Å². The third-order valence-corrected chi connectivity index (χ3v) is 6.44. The zero-order chi connectivity index (χ0) is 20.1. The van der Waals surface area contributed by atoms with E-state index in [1.54, 1.807) is 11.3 Å². The van der Waals surface area contributed by atoms with Gasteiger partial charge in [0.2, 0.25) is 0 Å². The Morgan fingerprint density at radius 3 is 2.71 bits per heavy atom. The van der Waals surface area contributed by atoms with Crippen molar-refractivity contribution in [2.45, 2.75) is 51.7 Å². The molecule has 2 aromatic rings. The molecule has 1 aliphatic carbocycles. The minimum Gasteiger partial charge on any atom is -0.357 e. The molecule has 0 aromatic carbocycles. The summed E-state index contributed by atoms with van der Waals surface area (Å²) in [6.45, 7) is 3.75. The summed E-state index contributed by atoms with van der Waals surface area (Å²) < 4.78 is 37.9. The Morgan fingerprint density at radius 2 is 2.04 bits per heavy atom. The monoisotopic (exact) mass is 431 g/mol. The molecule has 0 unspecified atom stereocenters. The van der Waals surface area contributed by atoms with Crippen molar-refractivity contribution >= 4 is 28.6 Å². The van der Waals surface area contributed by atoms with E-state index in [9.17, 15) is 13.2 Å². The second-order valence-electron chi connectivity index (χ2n) is 6.65. The molecule has 0 aliphatic heterocycles. The highest BCUT2D eigenvalue weighted by Crippen LogP contribution is 2.30. The van der Waals surface area contributed by atoms with E-state index in [-0.39, 0.29) is 0 Å². The largest absolute Gasteiger partial charge is 0.434 e. The van der Waals surface area contributed by atoms with Gasteiger partial charge in [0.25, 0.3) is 0 Å². The molecule has 154 valence electrons. The molecule has 0 fully saturated rings. The molecule has 0 atom stereocenters. The predicted octanol–water partition coefficient (Wildman–Crippen LogP) is 4.14. The third-order valence-electron chi connectivity index (χ3n) is 4.39. The number of nitrogens with one attached hydrogen (secondary N) is 1. The molecule has 0 saturated heterocycles. The summed E-state index contributed by atoms with van der Waals surface area (Å²) >= 11 is 2.80. The summed E-state index contributed by atoms with van der Waals surface area (Å²) in [5.74, 6) is 0.725. The Bertz CT molecular complexity index is 789. The average molecular weight is 432 g/mol. The highest BCUT2D eigenvalue weighted by molar-refractivity contribution is 7.11. The fourth-order valence-electron chi connectivity index (χ4n) is 3.03. The number of nitrogens with zero attached hydrogens (tertiary/aromatic N) is 4. The van der Waals surface area contributed by atoms with Crippen molar-refractivity contribution in [3.8, 4) is 0 Å². The van der Waals surface area contributed by atoms with Crippen molar-refractivity contribution < 1.29 is 13.2 Å². The minimum absolute atomic E-state index is 0.381. The minimum atomic E-state index is -4.39. The molecule has 0 amide bonds. The van der Waals surface area contributed by atoms with Gasteiger partial charge in [-0.15, -0.1) is 22.7 Å². The van der Waals surface area contributed by atoms with Crippen LogP contribution in [-0.4, -0.2) is 41.0 Å². The smallest absolute Gasteiger partial charge is 0.357 e. The van der Waals surface area contributed by atoms with Gasteiger partial charge in [-0.05, 0) is 32.6 Å². The fourth-order valence-corrected chi connectivity index (χ4v) is 5.04. The summed E-state index contributed by atoms with van der Waals surface area (Å²) in [5.41, 5.74) is 0.416. The van der Waals surface area contributed by atoms with Gasteiger partial charge in [-0.3, -0.25) is 4.99 Å². The van der Waals surface area contributed by atoms with Gasteiger partial charge in [0.15, 0.2) is 11.7 Å². The quantitative estimate of drug-likeness (QED) is 0.552. The number of aliphatic imine (C=N–C) groups is 1. The van der Waals surface area contributed by atoms with E-state index in [0.717, 1.165) is 40.5 Å². The number of halogens is 3. The highest BCUT2D eigenvalue weighted by Gasteiger charge is 2.33. The molecule has 10 heteroatoms. The van der Waals surface area contributed by atoms with E-state index >= 15 is 0 Å². The Labute approximate surface area is 170 Å². The summed E-state index contributed by atoms with van der Waals surface area (Å²) in [6.07, 6.45) is 0.634. The Morgan fingerprint density at radius 1 is 1.25 bits per heavy atom. The van der Waals surface area contributed by atoms with E-state index in [1.165, 1.54) is 23.4 Å². The van der Waals surface area contributed by atoms with Crippen LogP contribution in [0, 0.1) is 0 Å². The van der Waals surface area contributed by atoms with Crippen molar-refractivity contribution in [2.75, 3.05) is 20.1 Å². The van der Waals surface area contributed by atoms with Crippen LogP contribution in [-0.2, 0) is 32.0 Å². The van der Waals surface area contributed by atoms with Crippen LogP contribution in [0.5, 0.6) is 0 Å². The maximum Gasteiger partial charge on any atom is 0.434 e. The molecule has 0 spiro atoms. The number of hydrogen-bond acceptors (Lipinski definition) is 5. The molecule has 5 nitrogen and oxygen atoms in total. The normalized spacial score (nSPS) is 14.8. The van der Waals surface area contributed by atoms with Crippen LogP contribution >= 0.6 is 22.7 Å². The van der Waals surface area contributed by atoms with Gasteiger partial charge >= 0.3 is 6.18 Å². The summed E-state index contributed by atoms with van der Waals surface area (Å²) in [4.78, 5) is 16.4. The van der Waals surface area contributed by atoms with Crippen LogP contribution in [0.3, 0.4) is 0 Å². The fraction of sp³-hybridized carbons (Fsp3) is 0.611. The maximum absolute atomic E-state index is 12.6. The van der Waals surface area contributed by atoms with Gasteiger partial charge in [-0.25, -0.2) is 9.97 Å². The molecule has 2 aromatic heterocycles. The maximum atomic E-state index is 12.6. The number of aryl methyl sites for hydroxylation is 2. The summed E-state index contributed by atoms with van der Waals surface area (Å²) in [6, 6.07) is 0. The summed E-state index contributed by atoms with van der Waals surface area (Å²) in [7, 11) is 1.95. The second-order valence-corrected chi connectivity index (χ2v) is 8.76. The van der Waals surface area contributed by atoms with Gasteiger partial charge in [-0.2, -0.15) is 13.2 Å². The van der Waals surface area contributed by atoms with E-state index in [0.29, 0.717) is 31.1 Å². The summed E-state index contributed by atoms with van der Waals surface area (Å²) in [5, 5.41) is 5.82. The number of fused-ring (bicyclic) bond motifs is 1. The lowest BCUT2D eigenvalue weighted by Crippen LogP contribution is -2.38. The molecular formula is C18H24F3N5S2. The molecule has 0 saturated carbocycles. The number of guanidine groups is 1. The predicted molar refractivity (Wildman–Crippen MR) is 107 cm³/mol. The standard InChI is InChI=1S/C18H24F3N5S2/c1-3-22-17(23-9-8-15-25-14(11-27-15)18(19,20)21)26(2)10-16-24-12-6-4-5-7-13(12)28-16/h11H,3-10H2,1-2H3,(H,22,23). The molecule has 0 radical (unpaired) electrons. The molecule has 2 heterocycles. The number of rotatable bonds is 6. The van der Waals surface area contributed by atoms with Crippen LogP contribution in [0.2, 0.25) is 0 Å². The number of thiazole rings is 2. The Kier molecular flexibility index (Phi) is 6.92. The lowest BCUT2D eigenvalue weighted by molar-refractivity contribution is -0.140. The Balaban J connectivity index is 1.59. The SMILES string of the molecule is CCNC(=NCCc1nc(C(F)(F)F)cs1)N(C)Cc1nc2c(s1)CCCC2. The first-order valence-electron chi connectivity index (χ1n) is 9.35. The van der Waals surface area contributed by atoms with Crippen molar-refractivity contribution in [2.24, 2.45) is 4.99 Å². The zero-order valence-electron chi connectivity index (χ0n) is 16.0. The molecular weight excluding hydrogens is 407 g/mol. The highest BCUT2D eigenvalue weighted by atomic mass is 32.1. The van der Waals surface area contributed by atoms with Crippen LogP contribution < -0.4 is 5.32 Å². The lowest BCUT2D eigenvalue weighted by Gasteiger charge is -2.20. The number of aromatic nitrogens is 2. The molecule has 28 heavy (non-hydrogen) atoms. The third kappa shape index (κ3) is 5.44. The Hall–Kier alpha value is -1.68. The second kappa shape index (κ2) is 9.21. The van der Waals surface area contributed by atoms with Crippen LogP contribution in [0.15, 0.2) is 10.4 Å². The van der Waals surface area contributed by atoms with Crippen LogP contribution in [0.25, 0.3) is 0 Å². The number of alkyl halides is 3. The lowest BCUT2D eigenvalue weighted by atomic mass is 10.0. The van der Waals surface area contributed by atoms with E-state index < -0.39 is 11.9 Å². The van der Waals surface area contributed by atoms with E-state index in [2.05, 4.69) is 15.3 Å². The first-order valence-corrected chi connectivity index (χ1v) is 11.0. The van der Waals surface area contributed by atoms with Crippen LogP contribution in [0.1, 0.15) is 46.0 Å². The van der Waals surface area contributed by atoms with Crippen LogP contribution in [0.4, 0.5) is 13.2 Å². The van der Waals surface area contributed by atoms with Crippen molar-refractivity contribution in [1.29, 1.82) is 0 Å². The number of hydrogen-bond donors (Lipinski definition) is 1. The van der Waals surface area contributed by atoms with Gasteiger partial charge in [-0.1, -0.05) is 0 Å². The first-order chi connectivity index (χ1) is 13.4. The molecule has 1 N–H and O–H groups in total. The first kappa shape index (κ1) is 21.0. The molecule has 1 aliphatic rings. The van der Waals surface area contributed by atoms with E-state index in [1.807, 2.05) is 18.9 Å². The van der Waals surface area contributed by atoms with Crippen molar-refractivity contribution in [3.63, 3.8) is 0 Å². The molecule has 0 bridgehead atoms. The topological polar surface area (TPSA) is 53.4 Å². The molecule has 3 rings (SSSR count).